The third kappa shape index (κ3) is 2.71. The van der Waals surface area contributed by atoms with E-state index < -0.39 is 0 Å². The molecule has 1 N–H and O–H groups in total. The van der Waals surface area contributed by atoms with Crippen molar-refractivity contribution in [3.8, 4) is 10.4 Å². The zero-order valence-corrected chi connectivity index (χ0v) is 11.0. The van der Waals surface area contributed by atoms with Gasteiger partial charge in [0.1, 0.15) is 0 Å². The fourth-order valence-corrected chi connectivity index (χ4v) is 2.85. The second-order valence-corrected chi connectivity index (χ2v) is 5.42. The van der Waals surface area contributed by atoms with Crippen LogP contribution in [0.4, 0.5) is 5.69 Å². The largest absolute Gasteiger partial charge is 0.273 e. The SMILES string of the molecule is c1cc(NOC2CCCC2)cc(-c2ccns2)c1. The van der Waals surface area contributed by atoms with Crippen LogP contribution < -0.4 is 5.48 Å². The van der Waals surface area contributed by atoms with Gasteiger partial charge in [0.25, 0.3) is 0 Å². The van der Waals surface area contributed by atoms with Gasteiger partial charge >= 0.3 is 0 Å². The molecule has 1 heterocycles. The quantitative estimate of drug-likeness (QED) is 0.840. The molecule has 3 nitrogen and oxygen atoms in total. The molecule has 1 aromatic heterocycles. The van der Waals surface area contributed by atoms with E-state index in [1.807, 2.05) is 24.4 Å². The molecule has 0 unspecified atom stereocenters. The molecule has 0 spiro atoms. The molecule has 0 saturated heterocycles. The first-order chi connectivity index (χ1) is 8.92. The van der Waals surface area contributed by atoms with E-state index in [2.05, 4.69) is 22.0 Å². The van der Waals surface area contributed by atoms with E-state index in [9.17, 15) is 0 Å². The molecule has 2 aromatic rings. The summed E-state index contributed by atoms with van der Waals surface area (Å²) in [6.07, 6.45) is 7.11. The predicted octanol–water partition coefficient (Wildman–Crippen LogP) is 4.10. The van der Waals surface area contributed by atoms with Crippen LogP contribution in [0.1, 0.15) is 25.7 Å². The van der Waals surface area contributed by atoms with Gasteiger partial charge in [0.2, 0.25) is 0 Å². The molecule has 18 heavy (non-hydrogen) atoms. The van der Waals surface area contributed by atoms with Crippen molar-refractivity contribution in [1.82, 2.24) is 4.37 Å². The Bertz CT molecular complexity index is 492. The van der Waals surface area contributed by atoms with E-state index in [4.69, 9.17) is 4.84 Å². The summed E-state index contributed by atoms with van der Waals surface area (Å²) in [6.45, 7) is 0. The van der Waals surface area contributed by atoms with Crippen molar-refractivity contribution in [2.45, 2.75) is 31.8 Å². The third-order valence-corrected chi connectivity index (χ3v) is 4.03. The number of nitrogens with zero attached hydrogens (tertiary/aromatic N) is 1. The summed E-state index contributed by atoms with van der Waals surface area (Å²) in [6, 6.07) is 10.3. The molecule has 1 aromatic carbocycles. The molecule has 0 atom stereocenters. The van der Waals surface area contributed by atoms with Gasteiger partial charge in [-0.1, -0.05) is 25.0 Å². The van der Waals surface area contributed by atoms with Gasteiger partial charge in [-0.05, 0) is 48.1 Å². The second-order valence-electron chi connectivity index (χ2n) is 4.58. The molecule has 0 radical (unpaired) electrons. The number of benzene rings is 1. The average Bonchev–Trinajstić information content (AvgIpc) is 3.10. The number of anilines is 1. The highest BCUT2D eigenvalue weighted by atomic mass is 32.1. The lowest BCUT2D eigenvalue weighted by molar-refractivity contribution is 0.106. The van der Waals surface area contributed by atoms with Gasteiger partial charge in [0.15, 0.2) is 0 Å². The lowest BCUT2D eigenvalue weighted by Crippen LogP contribution is -2.12. The topological polar surface area (TPSA) is 34.1 Å². The molecular formula is C14H16N2OS. The van der Waals surface area contributed by atoms with E-state index in [0.717, 1.165) is 5.69 Å². The minimum absolute atomic E-state index is 0.372. The number of nitrogens with one attached hydrogen (secondary N) is 1. The first-order valence-corrected chi connectivity index (χ1v) is 7.12. The third-order valence-electron chi connectivity index (χ3n) is 3.23. The van der Waals surface area contributed by atoms with Gasteiger partial charge in [-0.25, -0.2) is 4.37 Å². The first kappa shape index (κ1) is 11.7. The second kappa shape index (κ2) is 5.50. The summed E-state index contributed by atoms with van der Waals surface area (Å²) in [4.78, 5) is 6.88. The maximum absolute atomic E-state index is 5.70. The smallest absolute Gasteiger partial charge is 0.0854 e. The van der Waals surface area contributed by atoms with Crippen LogP contribution in [0.5, 0.6) is 0 Å². The van der Waals surface area contributed by atoms with Crippen LogP contribution in [0.2, 0.25) is 0 Å². The van der Waals surface area contributed by atoms with E-state index in [0.29, 0.717) is 6.10 Å². The van der Waals surface area contributed by atoms with Gasteiger partial charge < -0.3 is 0 Å². The molecule has 0 amide bonds. The standard InChI is InChI=1S/C14H16N2OS/c1-2-7-13(6-1)17-16-12-5-3-4-11(10-12)14-8-9-15-18-14/h3-5,8-10,13,16H,1-2,6-7H2. The van der Waals surface area contributed by atoms with Gasteiger partial charge in [-0.3, -0.25) is 10.3 Å². The van der Waals surface area contributed by atoms with Crippen LogP contribution in [0.15, 0.2) is 36.5 Å². The molecule has 1 saturated carbocycles. The molecule has 0 bridgehead atoms. The Labute approximate surface area is 111 Å². The van der Waals surface area contributed by atoms with Crippen LogP contribution in [0, 0.1) is 0 Å². The van der Waals surface area contributed by atoms with Crippen LogP contribution in [0.3, 0.4) is 0 Å². The molecule has 1 aliphatic rings. The fourth-order valence-electron chi connectivity index (χ4n) is 2.26. The van der Waals surface area contributed by atoms with E-state index in [1.165, 1.54) is 47.7 Å². The normalized spacial score (nSPS) is 16.0. The number of hydrogen-bond acceptors (Lipinski definition) is 4. The minimum Gasteiger partial charge on any atom is -0.273 e. The Morgan fingerprint density at radius 2 is 2.11 bits per heavy atom. The lowest BCUT2D eigenvalue weighted by Gasteiger charge is -2.13. The summed E-state index contributed by atoms with van der Waals surface area (Å²) in [5.74, 6) is 0. The Kier molecular flexibility index (Phi) is 3.57. The van der Waals surface area contributed by atoms with E-state index >= 15 is 0 Å². The van der Waals surface area contributed by atoms with Crippen LogP contribution >= 0.6 is 11.5 Å². The minimum atomic E-state index is 0.372. The number of hydrogen-bond donors (Lipinski definition) is 1. The lowest BCUT2D eigenvalue weighted by atomic mass is 10.2. The average molecular weight is 260 g/mol. The van der Waals surface area contributed by atoms with Crippen LogP contribution in [-0.2, 0) is 4.84 Å². The molecule has 0 aliphatic heterocycles. The van der Waals surface area contributed by atoms with Gasteiger partial charge in [-0.2, -0.15) is 0 Å². The molecule has 94 valence electrons. The maximum atomic E-state index is 5.70. The summed E-state index contributed by atoms with van der Waals surface area (Å²) in [5.41, 5.74) is 5.26. The fraction of sp³-hybridized carbons (Fsp3) is 0.357. The molecule has 3 rings (SSSR count). The molecule has 1 aliphatic carbocycles. The van der Waals surface area contributed by atoms with Crippen molar-refractivity contribution in [2.75, 3.05) is 5.48 Å². The van der Waals surface area contributed by atoms with Crippen LogP contribution in [0.25, 0.3) is 10.4 Å². The van der Waals surface area contributed by atoms with Crippen molar-refractivity contribution in [3.63, 3.8) is 0 Å². The summed E-state index contributed by atoms with van der Waals surface area (Å²) in [7, 11) is 0. The zero-order valence-electron chi connectivity index (χ0n) is 10.1. The van der Waals surface area contributed by atoms with Gasteiger partial charge in [0, 0.05) is 6.20 Å². The Morgan fingerprint density at radius 1 is 1.22 bits per heavy atom. The highest BCUT2D eigenvalue weighted by Gasteiger charge is 2.15. The van der Waals surface area contributed by atoms with Gasteiger partial charge in [0.05, 0.1) is 16.7 Å². The summed E-state index contributed by atoms with van der Waals surface area (Å²) in [5, 5.41) is 0. The first-order valence-electron chi connectivity index (χ1n) is 6.34. The van der Waals surface area contributed by atoms with Crippen molar-refractivity contribution in [3.05, 3.63) is 36.5 Å². The molecule has 1 fully saturated rings. The highest BCUT2D eigenvalue weighted by Crippen LogP contribution is 2.26. The molecular weight excluding hydrogens is 244 g/mol. The van der Waals surface area contributed by atoms with E-state index in [1.54, 1.807) is 0 Å². The van der Waals surface area contributed by atoms with Crippen molar-refractivity contribution in [2.24, 2.45) is 0 Å². The van der Waals surface area contributed by atoms with E-state index in [-0.39, 0.29) is 0 Å². The van der Waals surface area contributed by atoms with Crippen LogP contribution in [-0.4, -0.2) is 10.5 Å². The summed E-state index contributed by atoms with van der Waals surface area (Å²) < 4.78 is 4.13. The Hall–Kier alpha value is -1.39. The van der Waals surface area contributed by atoms with Gasteiger partial charge in [-0.15, -0.1) is 0 Å². The highest BCUT2D eigenvalue weighted by molar-refractivity contribution is 7.09. The van der Waals surface area contributed by atoms with Crippen molar-refractivity contribution in [1.29, 1.82) is 0 Å². The Balaban J connectivity index is 1.67. The Morgan fingerprint density at radius 3 is 2.89 bits per heavy atom. The van der Waals surface area contributed by atoms with Crippen molar-refractivity contribution < 1.29 is 4.84 Å². The molecule has 4 heteroatoms. The number of aromatic nitrogens is 1. The maximum Gasteiger partial charge on any atom is 0.0854 e. The summed E-state index contributed by atoms with van der Waals surface area (Å²) >= 11 is 1.51. The van der Waals surface area contributed by atoms with Crippen molar-refractivity contribution >= 4 is 17.2 Å². The predicted molar refractivity (Wildman–Crippen MR) is 74.5 cm³/mol. The monoisotopic (exact) mass is 260 g/mol. The zero-order chi connectivity index (χ0) is 12.2. The number of rotatable bonds is 4.